The Labute approximate surface area is 153 Å². The van der Waals surface area contributed by atoms with Crippen molar-refractivity contribution in [2.24, 2.45) is 0 Å². The zero-order valence-corrected chi connectivity index (χ0v) is 14.6. The summed E-state index contributed by atoms with van der Waals surface area (Å²) >= 11 is 8.77. The molecule has 0 spiro atoms. The third kappa shape index (κ3) is 4.96. The molecule has 9 heteroatoms. The van der Waals surface area contributed by atoms with Gasteiger partial charge < -0.3 is 9.84 Å². The number of carboxylic acids is 1. The van der Waals surface area contributed by atoms with E-state index < -0.39 is 30.1 Å². The second kappa shape index (κ2) is 7.45. The quantitative estimate of drug-likeness (QED) is 0.682. The van der Waals surface area contributed by atoms with Crippen molar-refractivity contribution in [1.29, 1.82) is 0 Å². The normalized spacial score (nSPS) is 11.2. The van der Waals surface area contributed by atoms with Gasteiger partial charge in [0.15, 0.2) is 12.4 Å². The second-order valence-electron chi connectivity index (χ2n) is 4.88. The third-order valence-corrected chi connectivity index (χ3v) is 3.72. The van der Waals surface area contributed by atoms with Crippen molar-refractivity contribution in [3.05, 3.63) is 62.6 Å². The number of aliphatic carboxylic acids is 1. The minimum absolute atomic E-state index is 0.0701. The monoisotopic (exact) mass is 436 g/mol. The van der Waals surface area contributed by atoms with E-state index in [0.717, 1.165) is 6.07 Å². The van der Waals surface area contributed by atoms with E-state index in [1.165, 1.54) is 24.3 Å². The maximum Gasteiger partial charge on any atom is 0.416 e. The van der Waals surface area contributed by atoms with Crippen LogP contribution in [0.2, 0.25) is 5.02 Å². The van der Waals surface area contributed by atoms with E-state index in [9.17, 15) is 22.8 Å². The van der Waals surface area contributed by atoms with Gasteiger partial charge in [0.05, 0.1) is 11.1 Å². The smallest absolute Gasteiger partial charge is 0.416 e. The molecule has 25 heavy (non-hydrogen) atoms. The summed E-state index contributed by atoms with van der Waals surface area (Å²) in [5.74, 6) is -2.14. The summed E-state index contributed by atoms with van der Waals surface area (Å²) < 4.78 is 43.9. The van der Waals surface area contributed by atoms with Crippen molar-refractivity contribution in [3.8, 4) is 5.75 Å². The number of alkyl halides is 3. The molecule has 0 atom stereocenters. The second-order valence-corrected chi connectivity index (χ2v) is 6.23. The van der Waals surface area contributed by atoms with E-state index in [2.05, 4.69) is 15.9 Å². The number of hydrogen-bond acceptors (Lipinski definition) is 3. The highest BCUT2D eigenvalue weighted by Crippen LogP contribution is 2.33. The molecule has 1 N–H and O–H groups in total. The van der Waals surface area contributed by atoms with Gasteiger partial charge in [-0.1, -0.05) is 27.5 Å². The Hall–Kier alpha value is -2.06. The van der Waals surface area contributed by atoms with Crippen molar-refractivity contribution >= 4 is 39.3 Å². The molecule has 0 saturated heterocycles. The zero-order valence-electron chi connectivity index (χ0n) is 12.2. The number of hydrogen-bond donors (Lipinski definition) is 1. The number of carboxylic acid groups (broad SMARTS) is 1. The Bertz CT molecular complexity index is 837. The maximum atomic E-state index is 12.9. The molecule has 2 aromatic rings. The average molecular weight is 438 g/mol. The van der Waals surface area contributed by atoms with Gasteiger partial charge in [-0.3, -0.25) is 4.79 Å². The topological polar surface area (TPSA) is 63.6 Å². The first kappa shape index (κ1) is 19.3. The molecule has 2 aromatic carbocycles. The number of benzene rings is 2. The lowest BCUT2D eigenvalue weighted by molar-refractivity contribution is -0.139. The molecule has 0 aromatic heterocycles. The van der Waals surface area contributed by atoms with E-state index in [1.54, 1.807) is 0 Å². The number of halogens is 5. The average Bonchev–Trinajstić information content (AvgIpc) is 2.51. The summed E-state index contributed by atoms with van der Waals surface area (Å²) in [6, 6.07) is 6.62. The van der Waals surface area contributed by atoms with Crippen LogP contribution in [0.1, 0.15) is 21.5 Å². The summed E-state index contributed by atoms with van der Waals surface area (Å²) in [6.45, 7) is -0.714. The van der Waals surface area contributed by atoms with E-state index in [4.69, 9.17) is 21.4 Å². The van der Waals surface area contributed by atoms with Crippen LogP contribution in [0.3, 0.4) is 0 Å². The van der Waals surface area contributed by atoms with Crippen molar-refractivity contribution in [1.82, 2.24) is 0 Å². The van der Waals surface area contributed by atoms with Gasteiger partial charge in [-0.05, 0) is 36.4 Å². The summed E-state index contributed by atoms with van der Waals surface area (Å²) in [6.07, 6.45) is -4.63. The van der Waals surface area contributed by atoms with Gasteiger partial charge in [-0.2, -0.15) is 13.2 Å². The summed E-state index contributed by atoms with van der Waals surface area (Å²) in [5, 5.41) is 8.82. The maximum absolute atomic E-state index is 12.9. The standard InChI is InChI=1S/C16H9BrClF3O4/c17-10-4-8(3-9(5-10)16(19,20)21)15(24)12-6-11(18)1-2-13(12)25-7-14(22)23/h1-6H,7H2,(H,22,23). The number of ketones is 1. The van der Waals surface area contributed by atoms with Crippen LogP contribution in [0.5, 0.6) is 5.75 Å². The van der Waals surface area contributed by atoms with Gasteiger partial charge >= 0.3 is 12.1 Å². The highest BCUT2D eigenvalue weighted by Gasteiger charge is 2.32. The van der Waals surface area contributed by atoms with Crippen molar-refractivity contribution < 1.29 is 32.6 Å². The van der Waals surface area contributed by atoms with Crippen molar-refractivity contribution in [3.63, 3.8) is 0 Å². The van der Waals surface area contributed by atoms with Crippen LogP contribution < -0.4 is 4.74 Å². The minimum Gasteiger partial charge on any atom is -0.481 e. The lowest BCUT2D eigenvalue weighted by atomic mass is 10.0. The van der Waals surface area contributed by atoms with Gasteiger partial charge in [0.25, 0.3) is 0 Å². The molecule has 2 rings (SSSR count). The molecule has 0 amide bonds. The van der Waals surface area contributed by atoms with E-state index in [0.29, 0.717) is 6.07 Å². The van der Waals surface area contributed by atoms with E-state index in [1.807, 2.05) is 0 Å². The number of ether oxygens (including phenoxy) is 1. The molecule has 4 nitrogen and oxygen atoms in total. The van der Waals surface area contributed by atoms with Crippen LogP contribution in [-0.4, -0.2) is 23.5 Å². The predicted molar refractivity (Wildman–Crippen MR) is 87.2 cm³/mol. The molecule has 0 aliphatic heterocycles. The first-order chi connectivity index (χ1) is 11.6. The van der Waals surface area contributed by atoms with Gasteiger partial charge in [0.2, 0.25) is 0 Å². The van der Waals surface area contributed by atoms with Crippen LogP contribution in [0, 0.1) is 0 Å². The molecule has 132 valence electrons. The highest BCUT2D eigenvalue weighted by atomic mass is 79.9. The van der Waals surface area contributed by atoms with Crippen LogP contribution >= 0.6 is 27.5 Å². The number of carbonyl (C=O) groups is 2. The Morgan fingerprint density at radius 1 is 1.16 bits per heavy atom. The zero-order chi connectivity index (χ0) is 18.8. The first-order valence-electron chi connectivity index (χ1n) is 6.64. The molecule has 0 saturated carbocycles. The third-order valence-electron chi connectivity index (χ3n) is 3.02. The molecule has 0 radical (unpaired) electrons. The number of rotatable bonds is 5. The van der Waals surface area contributed by atoms with Crippen LogP contribution in [0.25, 0.3) is 0 Å². The molecule has 0 aliphatic rings. The lowest BCUT2D eigenvalue weighted by Crippen LogP contribution is -2.13. The van der Waals surface area contributed by atoms with E-state index >= 15 is 0 Å². The molecule has 0 unspecified atom stereocenters. The lowest BCUT2D eigenvalue weighted by Gasteiger charge is -2.12. The first-order valence-corrected chi connectivity index (χ1v) is 7.81. The van der Waals surface area contributed by atoms with Crippen LogP contribution in [0.15, 0.2) is 40.9 Å². The van der Waals surface area contributed by atoms with Crippen LogP contribution in [0.4, 0.5) is 13.2 Å². The highest BCUT2D eigenvalue weighted by molar-refractivity contribution is 9.10. The molecule has 0 fully saturated rings. The Morgan fingerprint density at radius 3 is 2.44 bits per heavy atom. The van der Waals surface area contributed by atoms with Crippen molar-refractivity contribution in [2.75, 3.05) is 6.61 Å². The fourth-order valence-electron chi connectivity index (χ4n) is 1.98. The van der Waals surface area contributed by atoms with E-state index in [-0.39, 0.29) is 26.4 Å². The fourth-order valence-corrected chi connectivity index (χ4v) is 2.65. The molecular weight excluding hydrogens is 429 g/mol. The molecule has 0 heterocycles. The van der Waals surface area contributed by atoms with Gasteiger partial charge in [-0.15, -0.1) is 0 Å². The molecule has 0 aliphatic carbocycles. The molecular formula is C16H9BrClF3O4. The Kier molecular flexibility index (Phi) is 5.74. The molecule has 0 bridgehead atoms. The van der Waals surface area contributed by atoms with Gasteiger partial charge in [0.1, 0.15) is 5.75 Å². The Morgan fingerprint density at radius 2 is 1.84 bits per heavy atom. The van der Waals surface area contributed by atoms with Crippen LogP contribution in [-0.2, 0) is 11.0 Å². The van der Waals surface area contributed by atoms with Gasteiger partial charge in [-0.25, -0.2) is 4.79 Å². The van der Waals surface area contributed by atoms with Gasteiger partial charge in [0, 0.05) is 15.1 Å². The SMILES string of the molecule is O=C(O)COc1ccc(Cl)cc1C(=O)c1cc(Br)cc(C(F)(F)F)c1. The fraction of sp³-hybridized carbons (Fsp3) is 0.125. The summed E-state index contributed by atoms with van der Waals surface area (Å²) in [4.78, 5) is 23.2. The summed E-state index contributed by atoms with van der Waals surface area (Å²) in [5.41, 5.74) is -1.38. The van der Waals surface area contributed by atoms with Crippen molar-refractivity contribution in [2.45, 2.75) is 6.18 Å². The number of carbonyl (C=O) groups excluding carboxylic acids is 1. The Balaban J connectivity index is 2.49. The minimum atomic E-state index is -4.63. The summed E-state index contributed by atoms with van der Waals surface area (Å²) in [7, 11) is 0. The predicted octanol–water partition coefficient (Wildman–Crippen LogP) is 4.82. The largest absolute Gasteiger partial charge is 0.481 e.